The Morgan fingerprint density at radius 2 is 2.19 bits per heavy atom. The molecule has 0 aliphatic rings. The smallest absolute Gasteiger partial charge is 0.237 e. The Bertz CT molecular complexity index is 363. The van der Waals surface area contributed by atoms with Gasteiger partial charge in [-0.25, -0.2) is 0 Å². The monoisotopic (exact) mass is 220 g/mol. The van der Waals surface area contributed by atoms with Crippen LogP contribution in [-0.4, -0.2) is 11.9 Å². The average Bonchev–Trinajstić information content (AvgIpc) is 2.27. The van der Waals surface area contributed by atoms with E-state index >= 15 is 0 Å². The van der Waals surface area contributed by atoms with Crippen molar-refractivity contribution < 1.29 is 4.79 Å². The first kappa shape index (κ1) is 12.7. The van der Waals surface area contributed by atoms with Crippen molar-refractivity contribution in [3.05, 3.63) is 35.4 Å². The second-order valence-electron chi connectivity index (χ2n) is 4.16. The first-order valence-corrected chi connectivity index (χ1v) is 5.67. The molecule has 0 saturated carbocycles. The first-order chi connectivity index (χ1) is 7.54. The molecule has 1 unspecified atom stereocenters. The summed E-state index contributed by atoms with van der Waals surface area (Å²) in [7, 11) is 0. The van der Waals surface area contributed by atoms with Gasteiger partial charge in [-0.15, -0.1) is 0 Å². The van der Waals surface area contributed by atoms with Gasteiger partial charge in [-0.1, -0.05) is 36.8 Å². The Morgan fingerprint density at radius 1 is 1.50 bits per heavy atom. The summed E-state index contributed by atoms with van der Waals surface area (Å²) >= 11 is 0. The third-order valence-electron chi connectivity index (χ3n) is 2.68. The molecule has 1 aromatic rings. The number of benzene rings is 1. The van der Waals surface area contributed by atoms with Crippen LogP contribution < -0.4 is 11.1 Å². The summed E-state index contributed by atoms with van der Waals surface area (Å²) in [5.74, 6) is -0.0866. The number of hydrogen-bond acceptors (Lipinski definition) is 2. The molecule has 0 radical (unpaired) electrons. The van der Waals surface area contributed by atoms with Crippen LogP contribution in [0.25, 0.3) is 0 Å². The topological polar surface area (TPSA) is 55.1 Å². The number of hydrogen-bond donors (Lipinski definition) is 2. The molecule has 0 aliphatic carbocycles. The third kappa shape index (κ3) is 3.35. The predicted octanol–water partition coefficient (Wildman–Crippen LogP) is 1.91. The lowest BCUT2D eigenvalue weighted by Crippen LogP contribution is -2.41. The van der Waals surface area contributed by atoms with Gasteiger partial charge < -0.3 is 11.1 Å². The van der Waals surface area contributed by atoms with E-state index in [0.717, 1.165) is 5.56 Å². The standard InChI is InChI=1S/C13H20N2O/c1-4-12(14)13(16)15-10(3)11-7-5-6-9(2)8-11/h5-8,10,12H,4,14H2,1-3H3,(H,15,16)/t10-,12?/m1/s1. The minimum Gasteiger partial charge on any atom is -0.348 e. The van der Waals surface area contributed by atoms with Crippen LogP contribution >= 0.6 is 0 Å². The van der Waals surface area contributed by atoms with Crippen LogP contribution in [0.3, 0.4) is 0 Å². The summed E-state index contributed by atoms with van der Waals surface area (Å²) in [6.07, 6.45) is 0.659. The van der Waals surface area contributed by atoms with Gasteiger partial charge in [-0.05, 0) is 25.8 Å². The second-order valence-corrected chi connectivity index (χ2v) is 4.16. The minimum absolute atomic E-state index is 0.00463. The molecule has 0 aromatic heterocycles. The van der Waals surface area contributed by atoms with Crippen LogP contribution in [0.5, 0.6) is 0 Å². The highest BCUT2D eigenvalue weighted by atomic mass is 16.2. The van der Waals surface area contributed by atoms with Crippen molar-refractivity contribution >= 4 is 5.91 Å². The van der Waals surface area contributed by atoms with E-state index in [4.69, 9.17) is 5.73 Å². The summed E-state index contributed by atoms with van der Waals surface area (Å²) < 4.78 is 0. The summed E-state index contributed by atoms with van der Waals surface area (Å²) in [6, 6.07) is 7.71. The third-order valence-corrected chi connectivity index (χ3v) is 2.68. The Labute approximate surface area is 97.0 Å². The normalized spacial score (nSPS) is 14.2. The van der Waals surface area contributed by atoms with Crippen molar-refractivity contribution in [1.82, 2.24) is 5.32 Å². The minimum atomic E-state index is -0.410. The average molecular weight is 220 g/mol. The largest absolute Gasteiger partial charge is 0.348 e. The van der Waals surface area contributed by atoms with Gasteiger partial charge in [0, 0.05) is 0 Å². The maximum Gasteiger partial charge on any atom is 0.237 e. The molecule has 0 fully saturated rings. The number of carbonyl (C=O) groups is 1. The Morgan fingerprint density at radius 3 is 2.75 bits per heavy atom. The molecule has 3 nitrogen and oxygen atoms in total. The zero-order chi connectivity index (χ0) is 12.1. The van der Waals surface area contributed by atoms with Gasteiger partial charge in [0.1, 0.15) is 0 Å². The molecule has 0 saturated heterocycles. The SMILES string of the molecule is CCC(N)C(=O)N[C@H](C)c1cccc(C)c1. The quantitative estimate of drug-likeness (QED) is 0.814. The fraction of sp³-hybridized carbons (Fsp3) is 0.462. The van der Waals surface area contributed by atoms with E-state index in [0.29, 0.717) is 6.42 Å². The number of amides is 1. The lowest BCUT2D eigenvalue weighted by molar-refractivity contribution is -0.123. The van der Waals surface area contributed by atoms with E-state index in [2.05, 4.69) is 11.4 Å². The van der Waals surface area contributed by atoms with Crippen LogP contribution in [0.15, 0.2) is 24.3 Å². The Kier molecular flexibility index (Phi) is 4.50. The van der Waals surface area contributed by atoms with Gasteiger partial charge in [-0.2, -0.15) is 0 Å². The molecule has 3 heteroatoms. The van der Waals surface area contributed by atoms with E-state index in [9.17, 15) is 4.79 Å². The van der Waals surface area contributed by atoms with E-state index in [1.807, 2.05) is 39.0 Å². The lowest BCUT2D eigenvalue weighted by atomic mass is 10.1. The first-order valence-electron chi connectivity index (χ1n) is 5.67. The van der Waals surface area contributed by atoms with Gasteiger partial charge in [0.15, 0.2) is 0 Å². The van der Waals surface area contributed by atoms with E-state index in [1.165, 1.54) is 5.56 Å². The molecular formula is C13H20N2O. The molecule has 16 heavy (non-hydrogen) atoms. The van der Waals surface area contributed by atoms with Gasteiger partial charge in [0.2, 0.25) is 5.91 Å². The Hall–Kier alpha value is -1.35. The number of rotatable bonds is 4. The second kappa shape index (κ2) is 5.66. The fourth-order valence-electron chi connectivity index (χ4n) is 1.53. The van der Waals surface area contributed by atoms with Gasteiger partial charge in [0.25, 0.3) is 0 Å². The maximum atomic E-state index is 11.6. The summed E-state index contributed by atoms with van der Waals surface area (Å²) in [4.78, 5) is 11.6. The molecule has 0 heterocycles. The summed E-state index contributed by atoms with van der Waals surface area (Å²) in [5.41, 5.74) is 7.96. The molecule has 1 amide bonds. The van der Waals surface area contributed by atoms with Crippen LogP contribution in [-0.2, 0) is 4.79 Å². The highest BCUT2D eigenvalue weighted by Crippen LogP contribution is 2.13. The molecule has 88 valence electrons. The van der Waals surface area contributed by atoms with Crippen molar-refractivity contribution in [1.29, 1.82) is 0 Å². The van der Waals surface area contributed by atoms with Crippen LogP contribution in [0, 0.1) is 6.92 Å². The molecule has 1 aromatic carbocycles. The Balaban J connectivity index is 2.65. The molecule has 0 bridgehead atoms. The highest BCUT2D eigenvalue weighted by molar-refractivity contribution is 5.81. The van der Waals surface area contributed by atoms with Crippen LogP contribution in [0.1, 0.15) is 37.4 Å². The van der Waals surface area contributed by atoms with Crippen molar-refractivity contribution in [2.24, 2.45) is 5.73 Å². The van der Waals surface area contributed by atoms with Crippen molar-refractivity contribution in [3.8, 4) is 0 Å². The van der Waals surface area contributed by atoms with Gasteiger partial charge in [0.05, 0.1) is 12.1 Å². The van der Waals surface area contributed by atoms with Crippen molar-refractivity contribution in [2.45, 2.75) is 39.3 Å². The predicted molar refractivity (Wildman–Crippen MR) is 66.0 cm³/mol. The molecule has 2 atom stereocenters. The fourth-order valence-corrected chi connectivity index (χ4v) is 1.53. The van der Waals surface area contributed by atoms with Crippen molar-refractivity contribution in [2.75, 3.05) is 0 Å². The highest BCUT2D eigenvalue weighted by Gasteiger charge is 2.14. The molecular weight excluding hydrogens is 200 g/mol. The van der Waals surface area contributed by atoms with E-state index < -0.39 is 6.04 Å². The van der Waals surface area contributed by atoms with E-state index in [-0.39, 0.29) is 11.9 Å². The van der Waals surface area contributed by atoms with Gasteiger partial charge in [-0.3, -0.25) is 4.79 Å². The number of nitrogens with one attached hydrogen (secondary N) is 1. The number of nitrogens with two attached hydrogens (primary N) is 1. The number of carbonyl (C=O) groups excluding carboxylic acids is 1. The van der Waals surface area contributed by atoms with E-state index in [1.54, 1.807) is 0 Å². The van der Waals surface area contributed by atoms with Crippen LogP contribution in [0.2, 0.25) is 0 Å². The molecule has 0 spiro atoms. The molecule has 0 aliphatic heterocycles. The summed E-state index contributed by atoms with van der Waals surface area (Å²) in [5, 5.41) is 2.91. The summed E-state index contributed by atoms with van der Waals surface area (Å²) in [6.45, 7) is 5.91. The lowest BCUT2D eigenvalue weighted by Gasteiger charge is -2.17. The number of aryl methyl sites for hydroxylation is 1. The van der Waals surface area contributed by atoms with Crippen LogP contribution in [0.4, 0.5) is 0 Å². The van der Waals surface area contributed by atoms with Crippen molar-refractivity contribution in [3.63, 3.8) is 0 Å². The van der Waals surface area contributed by atoms with Gasteiger partial charge >= 0.3 is 0 Å². The molecule has 1 rings (SSSR count). The maximum absolute atomic E-state index is 11.6. The zero-order valence-corrected chi connectivity index (χ0v) is 10.2. The zero-order valence-electron chi connectivity index (χ0n) is 10.2. The molecule has 3 N–H and O–H groups in total.